The molecule has 0 saturated heterocycles. The van der Waals surface area contributed by atoms with E-state index in [4.69, 9.17) is 17.3 Å². The van der Waals surface area contributed by atoms with Crippen LogP contribution >= 0.6 is 11.6 Å². The topological polar surface area (TPSA) is 50.9 Å². The maximum atomic E-state index is 5.89. The van der Waals surface area contributed by atoms with E-state index in [1.54, 1.807) is 6.20 Å². The molecule has 3 nitrogen and oxygen atoms in total. The quantitative estimate of drug-likeness (QED) is 0.836. The van der Waals surface area contributed by atoms with Gasteiger partial charge in [-0.3, -0.25) is 4.98 Å². The molecule has 0 atom stereocenters. The van der Waals surface area contributed by atoms with E-state index in [0.29, 0.717) is 11.6 Å². The first-order chi connectivity index (χ1) is 7.31. The Balaban J connectivity index is 2.46. The van der Waals surface area contributed by atoms with Crippen LogP contribution in [0, 0.1) is 0 Å². The van der Waals surface area contributed by atoms with Crippen molar-refractivity contribution in [2.75, 3.05) is 18.4 Å². The number of hydrogen-bond donors (Lipinski definition) is 2. The van der Waals surface area contributed by atoms with E-state index in [-0.39, 0.29) is 0 Å². The molecule has 0 unspecified atom stereocenters. The number of anilines is 1. The van der Waals surface area contributed by atoms with Crippen LogP contribution in [0.25, 0.3) is 10.9 Å². The van der Waals surface area contributed by atoms with Crippen molar-refractivity contribution in [2.45, 2.75) is 0 Å². The minimum Gasteiger partial charge on any atom is -0.383 e. The van der Waals surface area contributed by atoms with Gasteiger partial charge in [-0.15, -0.1) is 0 Å². The maximum Gasteiger partial charge on any atom is 0.0737 e. The molecule has 0 aliphatic rings. The number of halogens is 1. The largest absolute Gasteiger partial charge is 0.383 e. The van der Waals surface area contributed by atoms with E-state index in [2.05, 4.69) is 10.3 Å². The first-order valence-electron chi connectivity index (χ1n) is 4.79. The van der Waals surface area contributed by atoms with Crippen LogP contribution in [0.1, 0.15) is 0 Å². The van der Waals surface area contributed by atoms with Crippen molar-refractivity contribution in [1.29, 1.82) is 0 Å². The summed E-state index contributed by atoms with van der Waals surface area (Å²) in [5, 5.41) is 5.01. The molecule has 2 rings (SSSR count). The smallest absolute Gasteiger partial charge is 0.0737 e. The second kappa shape index (κ2) is 4.47. The van der Waals surface area contributed by atoms with Gasteiger partial charge in [0.2, 0.25) is 0 Å². The molecule has 0 saturated carbocycles. The van der Waals surface area contributed by atoms with Gasteiger partial charge >= 0.3 is 0 Å². The summed E-state index contributed by atoms with van der Waals surface area (Å²) < 4.78 is 0. The number of hydrogen-bond acceptors (Lipinski definition) is 3. The molecular weight excluding hydrogens is 210 g/mol. The summed E-state index contributed by atoms with van der Waals surface area (Å²) in [6.07, 6.45) is 1.76. The van der Waals surface area contributed by atoms with Crippen LogP contribution < -0.4 is 11.1 Å². The van der Waals surface area contributed by atoms with Crippen molar-refractivity contribution in [2.24, 2.45) is 5.73 Å². The lowest BCUT2D eigenvalue weighted by atomic mass is 10.2. The van der Waals surface area contributed by atoms with Crippen molar-refractivity contribution in [3.8, 4) is 0 Å². The number of aromatic nitrogens is 1. The van der Waals surface area contributed by atoms with Gasteiger partial charge in [-0.05, 0) is 24.3 Å². The third kappa shape index (κ3) is 2.19. The SMILES string of the molecule is NCCNc1ccnc2cc(Cl)ccc12. The van der Waals surface area contributed by atoms with Crippen LogP contribution in [0.2, 0.25) is 5.02 Å². The number of fused-ring (bicyclic) bond motifs is 1. The first-order valence-corrected chi connectivity index (χ1v) is 5.17. The normalized spacial score (nSPS) is 10.5. The van der Waals surface area contributed by atoms with Gasteiger partial charge in [0.15, 0.2) is 0 Å². The molecule has 0 aliphatic carbocycles. The number of rotatable bonds is 3. The zero-order valence-electron chi connectivity index (χ0n) is 8.20. The zero-order valence-corrected chi connectivity index (χ0v) is 8.96. The van der Waals surface area contributed by atoms with Gasteiger partial charge in [0.1, 0.15) is 0 Å². The van der Waals surface area contributed by atoms with Gasteiger partial charge in [0, 0.05) is 35.4 Å². The van der Waals surface area contributed by atoms with Crippen LogP contribution in [0.15, 0.2) is 30.5 Å². The Kier molecular flexibility index (Phi) is 3.04. The summed E-state index contributed by atoms with van der Waals surface area (Å²) in [5.74, 6) is 0. The zero-order chi connectivity index (χ0) is 10.7. The van der Waals surface area contributed by atoms with E-state index < -0.39 is 0 Å². The average molecular weight is 222 g/mol. The Morgan fingerprint density at radius 2 is 2.20 bits per heavy atom. The number of nitrogens with zero attached hydrogens (tertiary/aromatic N) is 1. The Bertz CT molecular complexity index is 470. The van der Waals surface area contributed by atoms with E-state index in [1.807, 2.05) is 24.3 Å². The fourth-order valence-electron chi connectivity index (χ4n) is 1.48. The highest BCUT2D eigenvalue weighted by molar-refractivity contribution is 6.31. The highest BCUT2D eigenvalue weighted by Gasteiger charge is 2.01. The van der Waals surface area contributed by atoms with Crippen LogP contribution in [0.4, 0.5) is 5.69 Å². The molecule has 0 amide bonds. The Hall–Kier alpha value is -1.32. The summed E-state index contributed by atoms with van der Waals surface area (Å²) in [6, 6.07) is 7.61. The fourth-order valence-corrected chi connectivity index (χ4v) is 1.65. The second-order valence-corrected chi connectivity index (χ2v) is 3.67. The van der Waals surface area contributed by atoms with Gasteiger partial charge in [-0.2, -0.15) is 0 Å². The number of pyridine rings is 1. The van der Waals surface area contributed by atoms with Gasteiger partial charge in [0.05, 0.1) is 5.52 Å². The maximum absolute atomic E-state index is 5.89. The number of nitrogens with two attached hydrogens (primary N) is 1. The molecule has 0 aliphatic heterocycles. The molecule has 0 spiro atoms. The molecular formula is C11H12ClN3. The second-order valence-electron chi connectivity index (χ2n) is 3.24. The molecule has 2 aromatic rings. The Labute approximate surface area is 93.3 Å². The molecule has 4 heteroatoms. The highest BCUT2D eigenvalue weighted by Crippen LogP contribution is 2.23. The molecule has 1 aromatic carbocycles. The van der Waals surface area contributed by atoms with E-state index in [9.17, 15) is 0 Å². The molecule has 1 aromatic heterocycles. The fraction of sp³-hybridized carbons (Fsp3) is 0.182. The van der Waals surface area contributed by atoms with Crippen LogP contribution in [-0.2, 0) is 0 Å². The molecule has 0 radical (unpaired) electrons. The third-order valence-electron chi connectivity index (χ3n) is 2.16. The molecule has 0 bridgehead atoms. The lowest BCUT2D eigenvalue weighted by molar-refractivity contribution is 1.03. The predicted octanol–water partition coefficient (Wildman–Crippen LogP) is 2.26. The first kappa shape index (κ1) is 10.2. The van der Waals surface area contributed by atoms with Crippen molar-refractivity contribution in [3.05, 3.63) is 35.5 Å². The summed E-state index contributed by atoms with van der Waals surface area (Å²) in [7, 11) is 0. The van der Waals surface area contributed by atoms with E-state index >= 15 is 0 Å². The van der Waals surface area contributed by atoms with E-state index in [1.165, 1.54) is 0 Å². The van der Waals surface area contributed by atoms with Crippen LogP contribution in [-0.4, -0.2) is 18.1 Å². The van der Waals surface area contributed by atoms with Crippen molar-refractivity contribution >= 4 is 28.2 Å². The van der Waals surface area contributed by atoms with Gasteiger partial charge in [-0.25, -0.2) is 0 Å². The summed E-state index contributed by atoms with van der Waals surface area (Å²) in [5.41, 5.74) is 7.38. The standard InChI is InChI=1S/C11H12ClN3/c12-8-1-2-9-10(15-6-4-13)3-5-14-11(9)7-8/h1-3,5,7H,4,6,13H2,(H,14,15). The third-order valence-corrected chi connectivity index (χ3v) is 2.40. The molecule has 0 fully saturated rings. The monoisotopic (exact) mass is 221 g/mol. The Morgan fingerprint density at radius 1 is 1.33 bits per heavy atom. The number of benzene rings is 1. The van der Waals surface area contributed by atoms with E-state index in [0.717, 1.165) is 23.1 Å². The molecule has 3 N–H and O–H groups in total. The van der Waals surface area contributed by atoms with Gasteiger partial charge in [-0.1, -0.05) is 11.6 Å². The van der Waals surface area contributed by atoms with Crippen molar-refractivity contribution in [3.63, 3.8) is 0 Å². The summed E-state index contributed by atoms with van der Waals surface area (Å²) in [4.78, 5) is 4.26. The lowest BCUT2D eigenvalue weighted by Crippen LogP contribution is -2.13. The van der Waals surface area contributed by atoms with Crippen molar-refractivity contribution in [1.82, 2.24) is 4.98 Å². The lowest BCUT2D eigenvalue weighted by Gasteiger charge is -2.07. The number of nitrogens with one attached hydrogen (secondary N) is 1. The van der Waals surface area contributed by atoms with Gasteiger partial charge < -0.3 is 11.1 Å². The molecule has 15 heavy (non-hydrogen) atoms. The predicted molar refractivity (Wildman–Crippen MR) is 64.3 cm³/mol. The minimum absolute atomic E-state index is 0.609. The molecule has 1 heterocycles. The summed E-state index contributed by atoms with van der Waals surface area (Å²) in [6.45, 7) is 1.36. The highest BCUT2D eigenvalue weighted by atomic mass is 35.5. The van der Waals surface area contributed by atoms with Crippen LogP contribution in [0.5, 0.6) is 0 Å². The molecule has 78 valence electrons. The van der Waals surface area contributed by atoms with Gasteiger partial charge in [0.25, 0.3) is 0 Å². The summed E-state index contributed by atoms with van der Waals surface area (Å²) >= 11 is 5.89. The van der Waals surface area contributed by atoms with Crippen molar-refractivity contribution < 1.29 is 0 Å². The minimum atomic E-state index is 0.609. The average Bonchev–Trinajstić information content (AvgIpc) is 2.25. The Morgan fingerprint density at radius 3 is 3.00 bits per heavy atom. The van der Waals surface area contributed by atoms with Crippen LogP contribution in [0.3, 0.4) is 0 Å².